The first-order chi connectivity index (χ1) is 11.6. The molecule has 136 valence electrons. The van der Waals surface area contributed by atoms with Crippen molar-refractivity contribution in [1.82, 2.24) is 10.2 Å². The lowest BCUT2D eigenvalue weighted by Crippen LogP contribution is -2.51. The number of methoxy groups -OCH3 is 2. The quantitative estimate of drug-likeness (QED) is 0.455. The second-order valence-corrected chi connectivity index (χ2v) is 6.82. The van der Waals surface area contributed by atoms with Gasteiger partial charge in [-0.05, 0) is 31.1 Å². The van der Waals surface area contributed by atoms with Crippen LogP contribution in [0.2, 0.25) is 0 Å². The summed E-state index contributed by atoms with van der Waals surface area (Å²) in [5, 5.41) is 3.06. The Kier molecular flexibility index (Phi) is 7.21. The lowest BCUT2D eigenvalue weighted by Gasteiger charge is -2.39. The van der Waals surface area contributed by atoms with Crippen LogP contribution in [-0.2, 0) is 14.3 Å². The summed E-state index contributed by atoms with van der Waals surface area (Å²) in [5.74, 6) is 0.365. The van der Waals surface area contributed by atoms with Gasteiger partial charge < -0.3 is 19.7 Å². The zero-order valence-electron chi connectivity index (χ0n) is 14.8. The van der Waals surface area contributed by atoms with Crippen LogP contribution in [-0.4, -0.2) is 63.2 Å². The Labute approximate surface area is 143 Å². The third-order valence-corrected chi connectivity index (χ3v) is 5.40. The molecular weight excluding hydrogens is 310 g/mol. The molecule has 0 aromatic rings. The molecule has 7 heteroatoms. The molecule has 0 aromatic carbocycles. The first-order valence-corrected chi connectivity index (χ1v) is 8.79. The number of urea groups is 1. The minimum absolute atomic E-state index is 0.0103. The molecule has 2 aliphatic rings. The fourth-order valence-corrected chi connectivity index (χ4v) is 3.81. The fraction of sp³-hybridized carbons (Fsp3) is 0.882. The first-order valence-electron chi connectivity index (χ1n) is 8.79. The highest BCUT2D eigenvalue weighted by molar-refractivity contribution is 5.74. The van der Waals surface area contributed by atoms with E-state index in [4.69, 9.17) is 9.47 Å². The number of carbonyl (C=O) groups is 1. The Morgan fingerprint density at radius 1 is 1.25 bits per heavy atom. The van der Waals surface area contributed by atoms with Gasteiger partial charge >= 0.3 is 6.03 Å². The third-order valence-electron chi connectivity index (χ3n) is 5.40. The molecule has 2 atom stereocenters. The summed E-state index contributed by atoms with van der Waals surface area (Å²) < 4.78 is 10.9. The van der Waals surface area contributed by atoms with E-state index in [0.29, 0.717) is 50.9 Å². The van der Waals surface area contributed by atoms with Crippen LogP contribution in [0.1, 0.15) is 38.5 Å². The molecule has 1 saturated carbocycles. The number of carbonyl (C=O) groups excluding carboxylic acids is 2. The molecule has 2 fully saturated rings. The van der Waals surface area contributed by atoms with Crippen molar-refractivity contribution in [3.63, 3.8) is 0 Å². The van der Waals surface area contributed by atoms with Crippen LogP contribution < -0.4 is 5.32 Å². The van der Waals surface area contributed by atoms with E-state index >= 15 is 0 Å². The number of amides is 2. The minimum Gasteiger partial charge on any atom is -0.353 e. The number of hydrogen-bond donors (Lipinski definition) is 1. The highest BCUT2D eigenvalue weighted by Gasteiger charge is 2.36. The number of isocyanates is 1. The Hall–Kier alpha value is -1.43. The molecule has 2 unspecified atom stereocenters. The Morgan fingerprint density at radius 2 is 1.92 bits per heavy atom. The summed E-state index contributed by atoms with van der Waals surface area (Å²) >= 11 is 0. The topological polar surface area (TPSA) is 80.2 Å². The van der Waals surface area contributed by atoms with Crippen molar-refractivity contribution in [2.24, 2.45) is 16.8 Å². The highest BCUT2D eigenvalue weighted by Crippen LogP contribution is 2.29. The van der Waals surface area contributed by atoms with Crippen LogP contribution in [0.3, 0.4) is 0 Å². The van der Waals surface area contributed by atoms with Crippen LogP contribution >= 0.6 is 0 Å². The second-order valence-electron chi connectivity index (χ2n) is 6.82. The van der Waals surface area contributed by atoms with E-state index in [2.05, 4.69) is 10.3 Å². The summed E-state index contributed by atoms with van der Waals surface area (Å²) in [4.78, 5) is 28.1. The van der Waals surface area contributed by atoms with E-state index in [9.17, 15) is 9.59 Å². The normalized spacial score (nSPS) is 26.5. The third kappa shape index (κ3) is 5.03. The fourth-order valence-electron chi connectivity index (χ4n) is 3.81. The van der Waals surface area contributed by atoms with Gasteiger partial charge in [-0.15, -0.1) is 0 Å². The van der Waals surface area contributed by atoms with Gasteiger partial charge in [0.05, 0.1) is 6.54 Å². The van der Waals surface area contributed by atoms with Gasteiger partial charge in [0.2, 0.25) is 6.08 Å². The van der Waals surface area contributed by atoms with E-state index in [1.165, 1.54) is 0 Å². The number of hydrogen-bond acceptors (Lipinski definition) is 5. The number of rotatable bonds is 6. The van der Waals surface area contributed by atoms with Gasteiger partial charge in [-0.3, -0.25) is 0 Å². The molecule has 2 rings (SSSR count). The average Bonchev–Trinajstić information content (AvgIpc) is 2.65. The second kappa shape index (κ2) is 9.16. The van der Waals surface area contributed by atoms with Crippen LogP contribution in [0.15, 0.2) is 4.99 Å². The van der Waals surface area contributed by atoms with Gasteiger partial charge in [0.15, 0.2) is 5.79 Å². The standard InChI is InChI=1S/C17H29N3O4/c1-23-17(24-2)6-8-20(9-7-17)16(22)19-12-15-5-3-4-14(10-15)11-18-13-21/h14-15H,3-12H2,1-2H3,(H,19,22). The maximum Gasteiger partial charge on any atom is 0.317 e. The molecule has 1 aliphatic heterocycles. The Bertz CT molecular complexity index is 451. The van der Waals surface area contributed by atoms with Crippen molar-refractivity contribution in [2.75, 3.05) is 40.4 Å². The first kappa shape index (κ1) is 18.9. The number of nitrogens with zero attached hydrogens (tertiary/aromatic N) is 2. The number of nitrogens with one attached hydrogen (secondary N) is 1. The summed E-state index contributed by atoms with van der Waals surface area (Å²) in [5.41, 5.74) is 0. The largest absolute Gasteiger partial charge is 0.353 e. The lowest BCUT2D eigenvalue weighted by atomic mass is 9.81. The van der Waals surface area contributed by atoms with Gasteiger partial charge in [-0.1, -0.05) is 6.42 Å². The van der Waals surface area contributed by atoms with Crippen LogP contribution in [0.4, 0.5) is 4.79 Å². The zero-order valence-corrected chi connectivity index (χ0v) is 14.8. The minimum atomic E-state index is -0.549. The molecule has 24 heavy (non-hydrogen) atoms. The smallest absolute Gasteiger partial charge is 0.317 e. The van der Waals surface area contributed by atoms with E-state index in [0.717, 1.165) is 25.7 Å². The molecule has 0 bridgehead atoms. The summed E-state index contributed by atoms with van der Waals surface area (Å²) in [6.07, 6.45) is 7.36. The maximum atomic E-state index is 12.3. The van der Waals surface area contributed by atoms with Gasteiger partial charge in [0, 0.05) is 46.7 Å². The maximum absolute atomic E-state index is 12.3. The summed E-state index contributed by atoms with van der Waals surface area (Å²) in [7, 11) is 3.29. The van der Waals surface area contributed by atoms with Gasteiger partial charge in [0.25, 0.3) is 0 Å². The molecule has 0 aromatic heterocycles. The van der Waals surface area contributed by atoms with Crippen LogP contribution in [0, 0.1) is 11.8 Å². The van der Waals surface area contributed by atoms with Crippen molar-refractivity contribution in [1.29, 1.82) is 0 Å². The predicted molar refractivity (Wildman–Crippen MR) is 89.4 cm³/mol. The lowest BCUT2D eigenvalue weighted by molar-refractivity contribution is -0.226. The molecule has 7 nitrogen and oxygen atoms in total. The highest BCUT2D eigenvalue weighted by atomic mass is 16.7. The van der Waals surface area contributed by atoms with Crippen molar-refractivity contribution >= 4 is 12.1 Å². The molecule has 1 saturated heterocycles. The molecule has 1 N–H and O–H groups in total. The summed E-state index contributed by atoms with van der Waals surface area (Å²) in [6.45, 7) is 2.52. The Morgan fingerprint density at radius 3 is 2.54 bits per heavy atom. The monoisotopic (exact) mass is 339 g/mol. The number of ether oxygens (including phenoxy) is 2. The molecule has 1 aliphatic carbocycles. The van der Waals surface area contributed by atoms with E-state index in [1.807, 2.05) is 4.90 Å². The van der Waals surface area contributed by atoms with E-state index in [-0.39, 0.29) is 6.03 Å². The van der Waals surface area contributed by atoms with Crippen molar-refractivity contribution in [3.8, 4) is 0 Å². The molecular formula is C17H29N3O4. The van der Waals surface area contributed by atoms with Crippen LogP contribution in [0.5, 0.6) is 0 Å². The zero-order chi connectivity index (χ0) is 17.4. The predicted octanol–water partition coefficient (Wildman–Crippen LogP) is 1.92. The number of likely N-dealkylation sites (tertiary alicyclic amines) is 1. The van der Waals surface area contributed by atoms with Crippen molar-refractivity contribution in [2.45, 2.75) is 44.3 Å². The molecule has 0 radical (unpaired) electrons. The number of aliphatic imine (C=N–C) groups is 1. The molecule has 0 spiro atoms. The summed E-state index contributed by atoms with van der Waals surface area (Å²) in [6, 6.07) is -0.0103. The molecule has 1 heterocycles. The average molecular weight is 339 g/mol. The van der Waals surface area contributed by atoms with Gasteiger partial charge in [-0.25, -0.2) is 14.6 Å². The van der Waals surface area contributed by atoms with E-state index in [1.54, 1.807) is 20.3 Å². The molecule has 2 amide bonds. The van der Waals surface area contributed by atoms with Crippen LogP contribution in [0.25, 0.3) is 0 Å². The number of piperidine rings is 1. The van der Waals surface area contributed by atoms with Gasteiger partial charge in [-0.2, -0.15) is 0 Å². The van der Waals surface area contributed by atoms with Crippen molar-refractivity contribution in [3.05, 3.63) is 0 Å². The Balaban J connectivity index is 1.72. The van der Waals surface area contributed by atoms with E-state index < -0.39 is 5.79 Å². The van der Waals surface area contributed by atoms with Crippen molar-refractivity contribution < 1.29 is 19.1 Å². The SMILES string of the molecule is COC1(OC)CCN(C(=O)NCC2CCCC(CN=C=O)C2)CC1. The van der Waals surface area contributed by atoms with Gasteiger partial charge in [0.1, 0.15) is 0 Å².